The summed E-state index contributed by atoms with van der Waals surface area (Å²) in [4.78, 5) is 26.9. The molecule has 0 bridgehead atoms. The summed E-state index contributed by atoms with van der Waals surface area (Å²) >= 11 is 0. The molecule has 8 heteroatoms. The van der Waals surface area contributed by atoms with Crippen molar-refractivity contribution in [1.29, 1.82) is 0 Å². The summed E-state index contributed by atoms with van der Waals surface area (Å²) in [6, 6.07) is 12.3. The molecule has 2 saturated heterocycles. The number of aromatic nitrogens is 1. The third-order valence-electron chi connectivity index (χ3n) is 7.77. The summed E-state index contributed by atoms with van der Waals surface area (Å²) in [5.41, 5.74) is 4.11. The first-order valence-electron chi connectivity index (χ1n) is 13.6. The van der Waals surface area contributed by atoms with Crippen molar-refractivity contribution in [3.63, 3.8) is 0 Å². The maximum Gasteiger partial charge on any atom is 0.251 e. The summed E-state index contributed by atoms with van der Waals surface area (Å²) in [7, 11) is 0. The Morgan fingerprint density at radius 1 is 0.973 bits per heavy atom. The van der Waals surface area contributed by atoms with E-state index >= 15 is 0 Å². The molecule has 37 heavy (non-hydrogen) atoms. The molecule has 0 radical (unpaired) electrons. The minimum absolute atomic E-state index is 0.0112. The molecule has 0 unspecified atom stereocenters. The van der Waals surface area contributed by atoms with Gasteiger partial charge < -0.3 is 15.3 Å². The summed E-state index contributed by atoms with van der Waals surface area (Å²) in [6.07, 6.45) is 11.8. The van der Waals surface area contributed by atoms with E-state index in [-0.39, 0.29) is 18.7 Å². The summed E-state index contributed by atoms with van der Waals surface area (Å²) < 4.78 is 0. The predicted octanol–water partition coefficient (Wildman–Crippen LogP) is 3.02. The highest BCUT2D eigenvalue weighted by Gasteiger charge is 2.25. The van der Waals surface area contributed by atoms with Gasteiger partial charge in [0.1, 0.15) is 5.84 Å². The van der Waals surface area contributed by atoms with Crippen LogP contribution in [0, 0.1) is 0 Å². The zero-order valence-electron chi connectivity index (χ0n) is 21.5. The number of nitrogens with one attached hydrogen (secondary N) is 2. The van der Waals surface area contributed by atoms with Crippen molar-refractivity contribution in [2.75, 3.05) is 39.5 Å². The van der Waals surface area contributed by atoms with E-state index in [0.717, 1.165) is 82.4 Å². The molecule has 5 rings (SSSR count). The Labute approximate surface area is 219 Å². The number of piperidine rings is 2. The largest absolute Gasteiger partial charge is 0.381 e. The highest BCUT2D eigenvalue weighted by molar-refractivity contribution is 5.95. The number of nitrogens with zero attached hydrogens (tertiary/aromatic N) is 4. The van der Waals surface area contributed by atoms with Crippen LogP contribution in [0.4, 0.5) is 0 Å². The molecular formula is C29H38N6O2. The van der Waals surface area contributed by atoms with Crippen LogP contribution in [0.15, 0.2) is 65.6 Å². The SMILES string of the molecule is O=C(NC1CCN(C2=NC=C(CN3CCC(NCO)CC3)CC2)CC1)c1cccc(-c2cccnc2)c1. The van der Waals surface area contributed by atoms with Crippen molar-refractivity contribution in [3.8, 4) is 11.1 Å². The fourth-order valence-corrected chi connectivity index (χ4v) is 5.56. The first-order chi connectivity index (χ1) is 18.2. The van der Waals surface area contributed by atoms with E-state index in [2.05, 4.69) is 31.6 Å². The van der Waals surface area contributed by atoms with Crippen LogP contribution >= 0.6 is 0 Å². The number of amidine groups is 1. The van der Waals surface area contributed by atoms with Crippen molar-refractivity contribution >= 4 is 11.7 Å². The number of carbonyl (C=O) groups excluding carboxylic acids is 1. The van der Waals surface area contributed by atoms with Crippen molar-refractivity contribution < 1.29 is 9.90 Å². The molecule has 1 aromatic carbocycles. The van der Waals surface area contributed by atoms with E-state index < -0.39 is 0 Å². The lowest BCUT2D eigenvalue weighted by Gasteiger charge is -2.36. The molecule has 1 aromatic heterocycles. The van der Waals surface area contributed by atoms with Crippen molar-refractivity contribution in [2.45, 2.75) is 50.6 Å². The van der Waals surface area contributed by atoms with E-state index in [9.17, 15) is 4.79 Å². The molecule has 0 aliphatic carbocycles. The first-order valence-corrected chi connectivity index (χ1v) is 13.6. The highest BCUT2D eigenvalue weighted by Crippen LogP contribution is 2.22. The fraction of sp³-hybridized carbons (Fsp3) is 0.483. The van der Waals surface area contributed by atoms with Crippen LogP contribution in [-0.4, -0.2) is 83.2 Å². The molecule has 3 aliphatic rings. The van der Waals surface area contributed by atoms with Gasteiger partial charge in [-0.15, -0.1) is 0 Å². The van der Waals surface area contributed by atoms with Crippen molar-refractivity contribution in [1.82, 2.24) is 25.4 Å². The molecule has 4 heterocycles. The fourth-order valence-electron chi connectivity index (χ4n) is 5.56. The van der Waals surface area contributed by atoms with Crippen LogP contribution in [0.2, 0.25) is 0 Å². The Kier molecular flexibility index (Phi) is 8.61. The third-order valence-corrected chi connectivity index (χ3v) is 7.77. The Balaban J connectivity index is 1.08. The Bertz CT molecular complexity index is 1100. The van der Waals surface area contributed by atoms with Crippen molar-refractivity contribution in [2.24, 2.45) is 4.99 Å². The Morgan fingerprint density at radius 3 is 2.46 bits per heavy atom. The standard InChI is InChI=1S/C29H38N6O2/c36-21-32-26-8-13-34(14-9-26)20-22-6-7-28(31-18-22)35-15-10-27(11-16-35)33-29(37)24-4-1-3-23(17-24)25-5-2-12-30-19-25/h1-5,12,17-19,26-27,32,36H,6-11,13-16,20-21H2,(H,33,37). The van der Waals surface area contributed by atoms with E-state index in [1.54, 1.807) is 6.20 Å². The zero-order chi connectivity index (χ0) is 25.5. The number of aliphatic hydroxyl groups excluding tert-OH is 1. The first kappa shape index (κ1) is 25.6. The van der Waals surface area contributed by atoms with Crippen LogP contribution in [-0.2, 0) is 0 Å². The molecule has 0 spiro atoms. The predicted molar refractivity (Wildman–Crippen MR) is 146 cm³/mol. The molecule has 0 atom stereocenters. The van der Waals surface area contributed by atoms with Crippen LogP contribution in [0.1, 0.15) is 48.9 Å². The Hall–Kier alpha value is -3.07. The highest BCUT2D eigenvalue weighted by atomic mass is 16.3. The quantitative estimate of drug-likeness (QED) is 0.504. The summed E-state index contributed by atoms with van der Waals surface area (Å²) in [6.45, 7) is 5.05. The lowest BCUT2D eigenvalue weighted by atomic mass is 10.0. The van der Waals surface area contributed by atoms with Gasteiger partial charge in [0.2, 0.25) is 0 Å². The molecule has 196 valence electrons. The van der Waals surface area contributed by atoms with Gasteiger partial charge in [0.25, 0.3) is 5.91 Å². The van der Waals surface area contributed by atoms with Crippen LogP contribution in [0.25, 0.3) is 11.1 Å². The van der Waals surface area contributed by atoms with Gasteiger partial charge in [-0.1, -0.05) is 18.2 Å². The number of pyridine rings is 1. The lowest BCUT2D eigenvalue weighted by molar-refractivity contribution is 0.0922. The molecule has 1 amide bonds. The van der Waals surface area contributed by atoms with Crippen LogP contribution in [0.5, 0.6) is 0 Å². The molecule has 0 saturated carbocycles. The van der Waals surface area contributed by atoms with Gasteiger partial charge in [-0.25, -0.2) is 4.99 Å². The van der Waals surface area contributed by atoms with Gasteiger partial charge in [0.05, 0.1) is 6.73 Å². The maximum absolute atomic E-state index is 12.9. The van der Waals surface area contributed by atoms with E-state index in [0.29, 0.717) is 11.6 Å². The molecule has 2 fully saturated rings. The van der Waals surface area contributed by atoms with E-state index in [4.69, 9.17) is 10.1 Å². The maximum atomic E-state index is 12.9. The van der Waals surface area contributed by atoms with Crippen LogP contribution < -0.4 is 10.6 Å². The number of hydrogen-bond acceptors (Lipinski definition) is 7. The summed E-state index contributed by atoms with van der Waals surface area (Å²) in [5.74, 6) is 1.17. The number of carbonyl (C=O) groups is 1. The minimum Gasteiger partial charge on any atom is -0.381 e. The average molecular weight is 503 g/mol. The monoisotopic (exact) mass is 502 g/mol. The molecule has 3 N–H and O–H groups in total. The normalized spacial score (nSPS) is 19.9. The van der Waals surface area contributed by atoms with Gasteiger partial charge in [-0.2, -0.15) is 0 Å². The van der Waals surface area contributed by atoms with Crippen LogP contribution in [0.3, 0.4) is 0 Å². The molecule has 2 aromatic rings. The second kappa shape index (κ2) is 12.4. The van der Waals surface area contributed by atoms with Gasteiger partial charge >= 0.3 is 0 Å². The average Bonchev–Trinajstić information content (AvgIpc) is 2.96. The number of benzene rings is 1. The minimum atomic E-state index is -0.0112. The van der Waals surface area contributed by atoms with E-state index in [1.807, 2.05) is 42.6 Å². The number of amides is 1. The van der Waals surface area contributed by atoms with Gasteiger partial charge in [0.15, 0.2) is 0 Å². The smallest absolute Gasteiger partial charge is 0.251 e. The Morgan fingerprint density at radius 2 is 1.76 bits per heavy atom. The molecular weight excluding hydrogens is 464 g/mol. The number of aliphatic imine (C=N–C) groups is 1. The number of rotatable bonds is 7. The molecule has 3 aliphatic heterocycles. The summed E-state index contributed by atoms with van der Waals surface area (Å²) in [5, 5.41) is 15.4. The molecule has 8 nitrogen and oxygen atoms in total. The second-order valence-corrected chi connectivity index (χ2v) is 10.3. The number of likely N-dealkylation sites (tertiary alicyclic amines) is 2. The van der Waals surface area contributed by atoms with Gasteiger partial charge in [-0.05, 0) is 74.5 Å². The number of hydrogen-bond donors (Lipinski definition) is 3. The van der Waals surface area contributed by atoms with Crippen molar-refractivity contribution in [3.05, 3.63) is 66.1 Å². The lowest BCUT2D eigenvalue weighted by Crippen LogP contribution is -2.47. The van der Waals surface area contributed by atoms with Gasteiger partial charge in [0, 0.05) is 67.9 Å². The van der Waals surface area contributed by atoms with Gasteiger partial charge in [-0.3, -0.25) is 20.0 Å². The topological polar surface area (TPSA) is 93.1 Å². The zero-order valence-corrected chi connectivity index (χ0v) is 21.5. The third kappa shape index (κ3) is 6.83. The second-order valence-electron chi connectivity index (χ2n) is 10.3. The number of aliphatic hydroxyl groups is 1. The van der Waals surface area contributed by atoms with E-state index in [1.165, 1.54) is 11.4 Å².